The Labute approximate surface area is 200 Å². The monoisotopic (exact) mass is 516 g/mol. The fourth-order valence-corrected chi connectivity index (χ4v) is 3.92. The molecule has 1 aromatic heterocycles. The summed E-state index contributed by atoms with van der Waals surface area (Å²) in [7, 11) is -5.56. The molecule has 0 bridgehead atoms. The van der Waals surface area contributed by atoms with E-state index in [-0.39, 0.29) is 32.3 Å². The van der Waals surface area contributed by atoms with Crippen LogP contribution in [0.15, 0.2) is 81.1 Å². The van der Waals surface area contributed by atoms with Gasteiger partial charge in [0.25, 0.3) is 5.91 Å². The molecule has 0 atom stereocenters. The number of aromatic nitrogens is 2. The summed E-state index contributed by atoms with van der Waals surface area (Å²) in [5.41, 5.74) is 0.241. The minimum absolute atomic E-state index is 0.0549. The quantitative estimate of drug-likeness (QED) is 0.237. The summed E-state index contributed by atoms with van der Waals surface area (Å²) in [6, 6.07) is 10.7. The number of aromatic hydroxyl groups is 2. The summed E-state index contributed by atoms with van der Waals surface area (Å²) in [4.78, 5) is 12.8. The first-order chi connectivity index (χ1) is 16.7. The molecule has 12 nitrogen and oxygen atoms in total. The summed E-state index contributed by atoms with van der Waals surface area (Å²) >= 11 is 0. The molecule has 0 saturated heterocycles. The van der Waals surface area contributed by atoms with Gasteiger partial charge in [-0.15, -0.1) is 10.2 Å². The second-order valence-electron chi connectivity index (χ2n) is 7.00. The summed E-state index contributed by atoms with van der Waals surface area (Å²) in [6.07, 6.45) is 3.73. The molecule has 1 aliphatic rings. The Kier molecular flexibility index (Phi) is 6.40. The molecule has 0 aliphatic carbocycles. The van der Waals surface area contributed by atoms with Crippen molar-refractivity contribution >= 4 is 45.0 Å². The van der Waals surface area contributed by atoms with Crippen molar-refractivity contribution in [2.24, 2.45) is 5.10 Å². The lowest BCUT2D eigenvalue weighted by Crippen LogP contribution is -2.21. The van der Waals surface area contributed by atoms with Crippen LogP contribution in [0.1, 0.15) is 5.56 Å². The molecule has 0 radical (unpaired) electrons. The Balaban J connectivity index is 1.56. The molecule has 180 valence electrons. The van der Waals surface area contributed by atoms with Crippen molar-refractivity contribution in [3.63, 3.8) is 0 Å². The first-order valence-corrected chi connectivity index (χ1v) is 12.0. The zero-order chi connectivity index (χ0) is 25.3. The molecule has 3 N–H and O–H groups in total. The standard InChI is InChI=1S/C21H16N4O8S2/c26-18-16(20(28)24(22-18)12-4-8-14(9-5-12)34(30)31)2-1-3-17-19(27)23-25(21(17)29)13-6-10-15(11-7-13)35(32)33/h1-11,28,34-35H,(H,22,26)(H,23,27)/b2-1?,17-3-. The summed E-state index contributed by atoms with van der Waals surface area (Å²) < 4.78 is 45.1. The van der Waals surface area contributed by atoms with E-state index in [2.05, 4.69) is 10.2 Å². The number of thiol groups is 2. The Morgan fingerprint density at radius 3 is 1.89 bits per heavy atom. The van der Waals surface area contributed by atoms with E-state index in [0.717, 1.165) is 9.69 Å². The fraction of sp³-hybridized carbons (Fsp3) is 0. The average molecular weight is 517 g/mol. The number of rotatable bonds is 6. The number of carbonyl (C=O) groups is 1. The van der Waals surface area contributed by atoms with Gasteiger partial charge in [-0.3, -0.25) is 4.79 Å². The molecule has 0 unspecified atom stereocenters. The maximum Gasteiger partial charge on any atom is 0.284 e. The van der Waals surface area contributed by atoms with Crippen LogP contribution in [0.4, 0.5) is 5.69 Å². The third-order valence-electron chi connectivity index (χ3n) is 4.87. The Morgan fingerprint density at radius 2 is 1.34 bits per heavy atom. The molecule has 2 heterocycles. The van der Waals surface area contributed by atoms with E-state index in [1.807, 2.05) is 0 Å². The van der Waals surface area contributed by atoms with Crippen LogP contribution in [-0.2, 0) is 26.2 Å². The highest BCUT2D eigenvalue weighted by atomic mass is 32.2. The summed E-state index contributed by atoms with van der Waals surface area (Å²) in [6.45, 7) is 0. The van der Waals surface area contributed by atoms with Gasteiger partial charge >= 0.3 is 0 Å². The largest absolute Gasteiger partial charge is 0.493 e. The van der Waals surface area contributed by atoms with E-state index in [1.165, 1.54) is 66.8 Å². The summed E-state index contributed by atoms with van der Waals surface area (Å²) in [5, 5.41) is 39.1. The zero-order valence-corrected chi connectivity index (χ0v) is 19.2. The van der Waals surface area contributed by atoms with Gasteiger partial charge in [0.15, 0.2) is 21.4 Å². The molecule has 3 aromatic rings. The molecular formula is C21H16N4O8S2. The van der Waals surface area contributed by atoms with Crippen LogP contribution >= 0.6 is 0 Å². The second-order valence-corrected chi connectivity index (χ2v) is 9.06. The van der Waals surface area contributed by atoms with Crippen LogP contribution in [0.5, 0.6) is 11.8 Å². The number of hydrogen-bond acceptors (Lipinski definition) is 9. The second kappa shape index (κ2) is 9.44. The highest BCUT2D eigenvalue weighted by Gasteiger charge is 2.30. The lowest BCUT2D eigenvalue weighted by atomic mass is 10.2. The van der Waals surface area contributed by atoms with Gasteiger partial charge in [0.1, 0.15) is 11.1 Å². The predicted octanol–water partition coefficient (Wildman–Crippen LogP) is 1.08. The van der Waals surface area contributed by atoms with Gasteiger partial charge in [0, 0.05) is 0 Å². The molecular weight excluding hydrogens is 500 g/mol. The van der Waals surface area contributed by atoms with Gasteiger partial charge in [0.2, 0.25) is 17.7 Å². The van der Waals surface area contributed by atoms with Crippen molar-refractivity contribution in [3.8, 4) is 17.4 Å². The third kappa shape index (κ3) is 4.64. The number of hydrazone groups is 1. The van der Waals surface area contributed by atoms with Crippen molar-refractivity contribution < 1.29 is 36.9 Å². The molecule has 1 aliphatic heterocycles. The predicted molar refractivity (Wildman–Crippen MR) is 125 cm³/mol. The minimum Gasteiger partial charge on any atom is -0.493 e. The van der Waals surface area contributed by atoms with E-state index in [9.17, 15) is 36.9 Å². The molecule has 0 fully saturated rings. The Bertz CT molecular complexity index is 1550. The maximum atomic E-state index is 12.6. The highest BCUT2D eigenvalue weighted by Crippen LogP contribution is 2.31. The number of anilines is 1. The fourth-order valence-electron chi connectivity index (χ4n) is 3.14. The van der Waals surface area contributed by atoms with Crippen molar-refractivity contribution in [2.45, 2.75) is 9.79 Å². The Morgan fingerprint density at radius 1 is 0.800 bits per heavy atom. The molecule has 2 aromatic carbocycles. The van der Waals surface area contributed by atoms with Crippen LogP contribution < -0.4 is 5.01 Å². The van der Waals surface area contributed by atoms with E-state index in [0.29, 0.717) is 0 Å². The number of carbonyl (C=O) groups excluding carboxylic acids is 1. The van der Waals surface area contributed by atoms with Crippen LogP contribution in [-0.4, -0.2) is 53.7 Å². The first kappa shape index (κ1) is 23.7. The van der Waals surface area contributed by atoms with Gasteiger partial charge in [0.05, 0.1) is 21.2 Å². The molecule has 1 amide bonds. The number of aliphatic hydroxyl groups excluding tert-OH is 1. The minimum atomic E-state index is -2.78. The van der Waals surface area contributed by atoms with Gasteiger partial charge in [-0.1, -0.05) is 6.08 Å². The van der Waals surface area contributed by atoms with Crippen molar-refractivity contribution in [1.82, 2.24) is 9.78 Å². The normalized spacial score (nSPS) is 15.1. The number of allylic oxidation sites excluding steroid dienone is 2. The smallest absolute Gasteiger partial charge is 0.284 e. The maximum absolute atomic E-state index is 12.6. The molecule has 4 rings (SSSR count). The average Bonchev–Trinajstić information content (AvgIpc) is 3.28. The summed E-state index contributed by atoms with van der Waals surface area (Å²) in [5.74, 6) is -2.26. The lowest BCUT2D eigenvalue weighted by molar-refractivity contribution is -0.114. The molecule has 14 heteroatoms. The van der Waals surface area contributed by atoms with E-state index < -0.39 is 45.0 Å². The van der Waals surface area contributed by atoms with Crippen molar-refractivity contribution in [3.05, 3.63) is 71.8 Å². The number of hydrogen-bond donors (Lipinski definition) is 5. The van der Waals surface area contributed by atoms with Gasteiger partial charge in [-0.05, 0) is 60.7 Å². The molecule has 0 spiro atoms. The van der Waals surface area contributed by atoms with E-state index >= 15 is 0 Å². The SMILES string of the molecule is O=C1/C(=C\C=Cc2c(O)nn(-c3ccc([SH](=O)=O)cc3)c2O)C(O)=NN1c1ccc([SH](=O)=O)cc1. The number of amides is 1. The zero-order valence-electron chi connectivity index (χ0n) is 17.4. The van der Waals surface area contributed by atoms with Gasteiger partial charge in [-0.25, -0.2) is 16.8 Å². The van der Waals surface area contributed by atoms with E-state index in [1.54, 1.807) is 0 Å². The number of aliphatic hydroxyl groups is 1. The third-order valence-corrected chi connectivity index (χ3v) is 6.31. The number of nitrogens with zero attached hydrogens (tertiary/aromatic N) is 4. The first-order valence-electron chi connectivity index (χ1n) is 9.68. The number of benzene rings is 2. The van der Waals surface area contributed by atoms with Crippen molar-refractivity contribution in [1.29, 1.82) is 0 Å². The van der Waals surface area contributed by atoms with Crippen LogP contribution in [0.3, 0.4) is 0 Å². The van der Waals surface area contributed by atoms with Gasteiger partial charge in [-0.2, -0.15) is 9.69 Å². The van der Waals surface area contributed by atoms with Gasteiger partial charge < -0.3 is 15.3 Å². The highest BCUT2D eigenvalue weighted by molar-refractivity contribution is 7.72. The molecule has 35 heavy (non-hydrogen) atoms. The van der Waals surface area contributed by atoms with Crippen molar-refractivity contribution in [2.75, 3.05) is 5.01 Å². The van der Waals surface area contributed by atoms with Crippen LogP contribution in [0.2, 0.25) is 0 Å². The molecule has 0 saturated carbocycles. The lowest BCUT2D eigenvalue weighted by Gasteiger charge is -2.10. The van der Waals surface area contributed by atoms with Crippen LogP contribution in [0, 0.1) is 0 Å². The Hall–Kier alpha value is -4.43. The topological polar surface area (TPSA) is 179 Å². The van der Waals surface area contributed by atoms with Crippen LogP contribution in [0.25, 0.3) is 11.8 Å². The van der Waals surface area contributed by atoms with E-state index in [4.69, 9.17) is 0 Å².